The van der Waals surface area contributed by atoms with Gasteiger partial charge in [0.1, 0.15) is 5.54 Å². The van der Waals surface area contributed by atoms with Crippen molar-refractivity contribution in [1.82, 2.24) is 10.6 Å². The van der Waals surface area contributed by atoms with E-state index >= 15 is 0 Å². The van der Waals surface area contributed by atoms with Gasteiger partial charge in [-0.1, -0.05) is 25.7 Å². The summed E-state index contributed by atoms with van der Waals surface area (Å²) in [5, 5.41) is 0. The van der Waals surface area contributed by atoms with Gasteiger partial charge in [-0.25, -0.2) is 5.73 Å². The molecule has 0 unspecified atom stereocenters. The van der Waals surface area contributed by atoms with E-state index in [1.165, 1.54) is 19.3 Å². The monoisotopic (exact) mass is 223 g/mol. The van der Waals surface area contributed by atoms with E-state index in [0.29, 0.717) is 0 Å². The van der Waals surface area contributed by atoms with Crippen molar-refractivity contribution < 1.29 is 4.79 Å². The summed E-state index contributed by atoms with van der Waals surface area (Å²) >= 11 is 0. The minimum absolute atomic E-state index is 0.120. The van der Waals surface area contributed by atoms with E-state index in [-0.39, 0.29) is 5.91 Å². The number of hydrogen-bond acceptors (Lipinski definition) is 1. The summed E-state index contributed by atoms with van der Waals surface area (Å²) in [6.45, 7) is 1.78. The molecule has 1 amide bonds. The molecule has 0 aromatic heterocycles. The third-order valence-corrected chi connectivity index (χ3v) is 4.01. The first-order valence-electron chi connectivity index (χ1n) is 6.77. The third-order valence-electron chi connectivity index (χ3n) is 4.01. The Hall–Kier alpha value is -0.570. The van der Waals surface area contributed by atoms with Crippen molar-refractivity contribution in [3.05, 3.63) is 0 Å². The quantitative estimate of drug-likeness (QED) is 0.629. The van der Waals surface area contributed by atoms with Gasteiger partial charge >= 0.3 is 0 Å². The molecule has 2 fully saturated rings. The van der Waals surface area contributed by atoms with E-state index in [0.717, 1.165) is 51.6 Å². The lowest BCUT2D eigenvalue weighted by molar-refractivity contribution is -0.138. The zero-order valence-electron chi connectivity index (χ0n) is 10.1. The number of likely N-dealkylation sites (tertiary alicyclic amines) is 1. The van der Waals surface area contributed by atoms with Gasteiger partial charge in [0.05, 0.1) is 0 Å². The summed E-state index contributed by atoms with van der Waals surface area (Å²) in [6, 6.07) is 0. The van der Waals surface area contributed by atoms with Gasteiger partial charge in [-0.15, -0.1) is 0 Å². The van der Waals surface area contributed by atoms with Gasteiger partial charge in [-0.3, -0.25) is 4.79 Å². The highest BCUT2D eigenvalue weighted by Crippen LogP contribution is 2.29. The fraction of sp³-hybridized carbons (Fsp3) is 0.923. The molecule has 1 saturated carbocycles. The average Bonchev–Trinajstić information content (AvgIpc) is 2.55. The molecule has 0 bridgehead atoms. The third kappa shape index (κ3) is 2.57. The standard InChI is InChI=1S/C13H23N2O/c14-13(8-4-1-2-5-9-13)12(16)15-10-6-3-7-11-15/h14H,1-11H2. The van der Waals surface area contributed by atoms with E-state index in [4.69, 9.17) is 5.73 Å². The van der Waals surface area contributed by atoms with E-state index in [1.807, 2.05) is 4.90 Å². The Balaban J connectivity index is 1.99. The van der Waals surface area contributed by atoms with Crippen molar-refractivity contribution in [2.75, 3.05) is 13.1 Å². The molecule has 0 aromatic rings. The molecular formula is C13H23N2O. The number of carbonyl (C=O) groups excluding carboxylic acids is 1. The molecule has 0 aromatic carbocycles. The Morgan fingerprint density at radius 2 is 1.38 bits per heavy atom. The highest BCUT2D eigenvalue weighted by molar-refractivity contribution is 5.86. The van der Waals surface area contributed by atoms with Crippen LogP contribution < -0.4 is 5.73 Å². The first kappa shape index (κ1) is 11.9. The van der Waals surface area contributed by atoms with Crippen LogP contribution in [0.25, 0.3) is 0 Å². The second-order valence-corrected chi connectivity index (χ2v) is 5.35. The van der Waals surface area contributed by atoms with Gasteiger partial charge in [0.15, 0.2) is 0 Å². The zero-order chi connectivity index (χ0) is 11.4. The average molecular weight is 223 g/mol. The molecular weight excluding hydrogens is 200 g/mol. The maximum atomic E-state index is 12.4. The van der Waals surface area contributed by atoms with Crippen molar-refractivity contribution in [1.29, 1.82) is 0 Å². The maximum absolute atomic E-state index is 12.4. The van der Waals surface area contributed by atoms with Crippen molar-refractivity contribution in [2.45, 2.75) is 63.3 Å². The summed E-state index contributed by atoms with van der Waals surface area (Å²) in [7, 11) is 0. The molecule has 1 radical (unpaired) electrons. The van der Waals surface area contributed by atoms with Gasteiger partial charge in [0.25, 0.3) is 0 Å². The highest BCUT2D eigenvalue weighted by atomic mass is 16.2. The molecule has 1 N–H and O–H groups in total. The predicted octanol–water partition coefficient (Wildman–Crippen LogP) is 2.37. The van der Waals surface area contributed by atoms with Crippen molar-refractivity contribution in [3.63, 3.8) is 0 Å². The van der Waals surface area contributed by atoms with Gasteiger partial charge < -0.3 is 4.90 Å². The summed E-state index contributed by atoms with van der Waals surface area (Å²) < 4.78 is 0. The first-order chi connectivity index (χ1) is 7.72. The summed E-state index contributed by atoms with van der Waals surface area (Å²) in [5.74, 6) is 0.120. The Bertz CT molecular complexity index is 238. The largest absolute Gasteiger partial charge is 0.341 e. The van der Waals surface area contributed by atoms with Crippen LogP contribution in [0, 0.1) is 0 Å². The lowest BCUT2D eigenvalue weighted by atomic mass is 9.89. The van der Waals surface area contributed by atoms with Crippen molar-refractivity contribution in [3.8, 4) is 0 Å². The molecule has 2 aliphatic rings. The Labute approximate surface area is 98.4 Å². The zero-order valence-corrected chi connectivity index (χ0v) is 10.1. The summed E-state index contributed by atoms with van der Waals surface area (Å²) in [4.78, 5) is 14.3. The maximum Gasteiger partial charge on any atom is 0.244 e. The number of amides is 1. The van der Waals surface area contributed by atoms with Gasteiger partial charge in [0, 0.05) is 13.1 Å². The molecule has 1 heterocycles. The van der Waals surface area contributed by atoms with Crippen LogP contribution in [0.15, 0.2) is 0 Å². The highest BCUT2D eigenvalue weighted by Gasteiger charge is 2.38. The molecule has 3 nitrogen and oxygen atoms in total. The number of nitrogens with one attached hydrogen (secondary N) is 1. The number of rotatable bonds is 1. The number of nitrogens with zero attached hydrogens (tertiary/aromatic N) is 1. The van der Waals surface area contributed by atoms with Crippen LogP contribution in [0.2, 0.25) is 0 Å². The fourth-order valence-corrected chi connectivity index (χ4v) is 2.95. The molecule has 1 saturated heterocycles. The Morgan fingerprint density at radius 3 is 1.94 bits per heavy atom. The molecule has 0 atom stereocenters. The topological polar surface area (TPSA) is 44.1 Å². The van der Waals surface area contributed by atoms with Gasteiger partial charge in [-0.2, -0.15) is 0 Å². The normalized spacial score (nSPS) is 26.2. The number of carbonyl (C=O) groups is 1. The van der Waals surface area contributed by atoms with Crippen LogP contribution in [-0.4, -0.2) is 29.4 Å². The predicted molar refractivity (Wildman–Crippen MR) is 64.0 cm³/mol. The molecule has 1 aliphatic heterocycles. The SMILES string of the molecule is [NH]C1(C(=O)N2CCCCC2)CCCCCC1. The van der Waals surface area contributed by atoms with Crippen LogP contribution in [0.3, 0.4) is 0 Å². The lowest BCUT2D eigenvalue weighted by Gasteiger charge is -2.35. The molecule has 1 aliphatic carbocycles. The number of piperidine rings is 1. The minimum atomic E-state index is -0.784. The van der Waals surface area contributed by atoms with E-state index in [9.17, 15) is 4.79 Å². The van der Waals surface area contributed by atoms with Gasteiger partial charge in [-0.05, 0) is 32.1 Å². The van der Waals surface area contributed by atoms with Gasteiger partial charge in [0.2, 0.25) is 5.91 Å². The van der Waals surface area contributed by atoms with Crippen LogP contribution in [0.5, 0.6) is 0 Å². The fourth-order valence-electron chi connectivity index (χ4n) is 2.95. The minimum Gasteiger partial charge on any atom is -0.341 e. The van der Waals surface area contributed by atoms with Crippen LogP contribution in [-0.2, 0) is 4.79 Å². The van der Waals surface area contributed by atoms with E-state index < -0.39 is 5.54 Å². The second-order valence-electron chi connectivity index (χ2n) is 5.35. The molecule has 16 heavy (non-hydrogen) atoms. The van der Waals surface area contributed by atoms with Crippen molar-refractivity contribution in [2.24, 2.45) is 0 Å². The Morgan fingerprint density at radius 1 is 0.875 bits per heavy atom. The lowest BCUT2D eigenvalue weighted by Crippen LogP contribution is -2.51. The first-order valence-corrected chi connectivity index (χ1v) is 6.77. The van der Waals surface area contributed by atoms with E-state index in [2.05, 4.69) is 0 Å². The summed E-state index contributed by atoms with van der Waals surface area (Å²) in [6.07, 6.45) is 9.58. The van der Waals surface area contributed by atoms with Crippen LogP contribution in [0.1, 0.15) is 57.8 Å². The second kappa shape index (κ2) is 5.17. The van der Waals surface area contributed by atoms with E-state index in [1.54, 1.807) is 0 Å². The number of hydrogen-bond donors (Lipinski definition) is 0. The smallest absolute Gasteiger partial charge is 0.244 e. The van der Waals surface area contributed by atoms with Crippen LogP contribution in [0.4, 0.5) is 0 Å². The molecule has 2 rings (SSSR count). The Kier molecular flexibility index (Phi) is 3.85. The molecule has 0 spiro atoms. The molecule has 91 valence electrons. The van der Waals surface area contributed by atoms with Crippen LogP contribution >= 0.6 is 0 Å². The summed E-state index contributed by atoms with van der Waals surface area (Å²) in [5.41, 5.74) is 7.63. The molecule has 3 heteroatoms. The van der Waals surface area contributed by atoms with Crippen molar-refractivity contribution >= 4 is 5.91 Å².